The maximum Gasteiger partial charge on any atom is 0.352 e. The largest absolute Gasteiger partial charge is 0.352 e. The Bertz CT molecular complexity index is 1670. The fourth-order valence-corrected chi connectivity index (χ4v) is 5.19. The third kappa shape index (κ3) is 4.39. The van der Waals surface area contributed by atoms with E-state index >= 15 is 0 Å². The molecule has 0 atom stereocenters. The smallest absolute Gasteiger partial charge is 0.349 e. The molecule has 1 saturated carbocycles. The maximum atomic E-state index is 13.6. The van der Waals surface area contributed by atoms with E-state index < -0.39 is 5.69 Å². The summed E-state index contributed by atoms with van der Waals surface area (Å²) >= 11 is 0. The van der Waals surface area contributed by atoms with Crippen molar-refractivity contribution in [2.75, 3.05) is 0 Å². The van der Waals surface area contributed by atoms with Crippen LogP contribution in [0, 0.1) is 13.8 Å². The van der Waals surface area contributed by atoms with Crippen LogP contribution in [0.25, 0.3) is 16.7 Å². The van der Waals surface area contributed by atoms with Crippen molar-refractivity contribution >= 4 is 28.4 Å². The van der Waals surface area contributed by atoms with Gasteiger partial charge in [-0.15, -0.1) is 5.10 Å². The van der Waals surface area contributed by atoms with Gasteiger partial charge in [-0.2, -0.15) is 0 Å². The Labute approximate surface area is 213 Å². The number of fused-ring (bicyclic) bond motifs is 3. The molecule has 0 saturated heterocycles. The van der Waals surface area contributed by atoms with E-state index in [1.54, 1.807) is 24.3 Å². The first-order chi connectivity index (χ1) is 17.7. The Balaban J connectivity index is 1.65. The highest BCUT2D eigenvalue weighted by atomic mass is 16.2. The number of carbonyl (C=O) groups excluding carboxylic acids is 2. The third-order valence-corrected chi connectivity index (χ3v) is 7.18. The number of aromatic nitrogens is 4. The zero-order valence-corrected chi connectivity index (χ0v) is 21.6. The summed E-state index contributed by atoms with van der Waals surface area (Å²) in [5, 5.41) is 7.79. The summed E-state index contributed by atoms with van der Waals surface area (Å²) in [6.07, 6.45) is 4.08. The highest BCUT2D eigenvalue weighted by Crippen LogP contribution is 2.20. The molecule has 9 nitrogen and oxygen atoms in total. The number of benzene rings is 2. The van der Waals surface area contributed by atoms with E-state index in [1.807, 2.05) is 39.8 Å². The zero-order chi connectivity index (χ0) is 26.4. The molecule has 2 aromatic heterocycles. The number of hydrogen-bond donors (Lipinski definition) is 1. The first-order valence-electron chi connectivity index (χ1n) is 12.7. The topological polar surface area (TPSA) is 107 Å². The van der Waals surface area contributed by atoms with Gasteiger partial charge in [-0.25, -0.2) is 13.9 Å². The standard InChI is InChI=1S/C28H31N5O4/c1-16(2)32-26(36)21-12-11-19(25(35)29-20-7-5-6-8-20)14-23(21)33-27(32)30-31(28(33)37)15-24(34)22-13-17(3)9-10-18(22)4/h9-14,16,20H,5-8,15H2,1-4H3,(H,29,35). The van der Waals surface area contributed by atoms with Crippen LogP contribution in [0.3, 0.4) is 0 Å². The first kappa shape index (κ1) is 24.7. The van der Waals surface area contributed by atoms with Crippen molar-refractivity contribution in [1.29, 1.82) is 0 Å². The molecule has 1 aliphatic carbocycles. The molecule has 37 heavy (non-hydrogen) atoms. The van der Waals surface area contributed by atoms with Crippen LogP contribution in [0.5, 0.6) is 0 Å². The summed E-state index contributed by atoms with van der Waals surface area (Å²) in [4.78, 5) is 53.1. The number of amides is 1. The number of nitrogens with one attached hydrogen (secondary N) is 1. The van der Waals surface area contributed by atoms with E-state index in [4.69, 9.17) is 0 Å². The number of carbonyl (C=O) groups is 2. The number of nitrogens with zero attached hydrogens (tertiary/aromatic N) is 4. The number of rotatable bonds is 6. The lowest BCUT2D eigenvalue weighted by molar-refractivity contribution is 0.0935. The van der Waals surface area contributed by atoms with E-state index in [0.717, 1.165) is 41.5 Å². The minimum Gasteiger partial charge on any atom is -0.349 e. The number of aryl methyl sites for hydroxylation is 2. The molecule has 2 aromatic carbocycles. The second kappa shape index (κ2) is 9.46. The average Bonchev–Trinajstić information content (AvgIpc) is 3.48. The molecule has 0 bridgehead atoms. The van der Waals surface area contributed by atoms with Crippen molar-refractivity contribution in [3.63, 3.8) is 0 Å². The lowest BCUT2D eigenvalue weighted by Gasteiger charge is -2.14. The number of hydrogen-bond acceptors (Lipinski definition) is 5. The Morgan fingerprint density at radius 2 is 1.78 bits per heavy atom. The number of Topliss-reactive ketones (excluding diaryl/α,β-unsaturated/α-hetero) is 1. The van der Waals surface area contributed by atoms with Gasteiger partial charge in [-0.3, -0.25) is 19.0 Å². The van der Waals surface area contributed by atoms with Crippen LogP contribution in [0.1, 0.15) is 77.4 Å². The Morgan fingerprint density at radius 3 is 2.49 bits per heavy atom. The maximum absolute atomic E-state index is 13.6. The zero-order valence-electron chi connectivity index (χ0n) is 21.6. The third-order valence-electron chi connectivity index (χ3n) is 7.18. The van der Waals surface area contributed by atoms with Crippen molar-refractivity contribution in [2.24, 2.45) is 0 Å². The summed E-state index contributed by atoms with van der Waals surface area (Å²) in [5.41, 5.74) is 2.11. The van der Waals surface area contributed by atoms with Gasteiger partial charge >= 0.3 is 5.69 Å². The Hall–Kier alpha value is -4.01. The summed E-state index contributed by atoms with van der Waals surface area (Å²) in [6, 6.07) is 10.2. The van der Waals surface area contributed by atoms with Crippen LogP contribution < -0.4 is 16.6 Å². The molecule has 1 aliphatic rings. The summed E-state index contributed by atoms with van der Waals surface area (Å²) < 4.78 is 3.88. The molecule has 0 spiro atoms. The molecular formula is C28H31N5O4. The molecule has 5 rings (SSSR count). The minimum atomic E-state index is -0.540. The molecule has 1 N–H and O–H groups in total. The lowest BCUT2D eigenvalue weighted by atomic mass is 10.0. The van der Waals surface area contributed by atoms with Gasteiger partial charge in [0.05, 0.1) is 10.9 Å². The minimum absolute atomic E-state index is 0.138. The predicted octanol–water partition coefficient (Wildman–Crippen LogP) is 3.56. The van der Waals surface area contributed by atoms with Crippen molar-refractivity contribution in [2.45, 2.75) is 72.0 Å². The van der Waals surface area contributed by atoms with E-state index in [-0.39, 0.29) is 41.7 Å². The molecule has 0 unspecified atom stereocenters. The van der Waals surface area contributed by atoms with Crippen LogP contribution in [0.15, 0.2) is 46.0 Å². The van der Waals surface area contributed by atoms with E-state index in [9.17, 15) is 19.2 Å². The Morgan fingerprint density at radius 1 is 1.05 bits per heavy atom. The lowest BCUT2D eigenvalue weighted by Crippen LogP contribution is -2.33. The molecule has 0 aliphatic heterocycles. The van der Waals surface area contributed by atoms with Crippen molar-refractivity contribution < 1.29 is 9.59 Å². The highest BCUT2D eigenvalue weighted by Gasteiger charge is 2.23. The molecule has 192 valence electrons. The van der Waals surface area contributed by atoms with Gasteiger partial charge in [0.2, 0.25) is 5.78 Å². The van der Waals surface area contributed by atoms with Crippen LogP contribution in [-0.4, -0.2) is 36.5 Å². The van der Waals surface area contributed by atoms with Gasteiger partial charge in [-0.1, -0.05) is 30.5 Å². The van der Waals surface area contributed by atoms with Crippen molar-refractivity contribution in [3.05, 3.63) is 79.5 Å². The predicted molar refractivity (Wildman–Crippen MR) is 142 cm³/mol. The monoisotopic (exact) mass is 501 g/mol. The van der Waals surface area contributed by atoms with Gasteiger partial charge in [0, 0.05) is 23.2 Å². The van der Waals surface area contributed by atoms with Gasteiger partial charge in [0.1, 0.15) is 6.54 Å². The molecule has 0 radical (unpaired) electrons. The van der Waals surface area contributed by atoms with E-state index in [1.165, 1.54) is 8.97 Å². The van der Waals surface area contributed by atoms with E-state index in [0.29, 0.717) is 22.0 Å². The van der Waals surface area contributed by atoms with Crippen LogP contribution in [0.2, 0.25) is 0 Å². The quantitative estimate of drug-likeness (QED) is 0.407. The van der Waals surface area contributed by atoms with Crippen LogP contribution >= 0.6 is 0 Å². The molecular weight excluding hydrogens is 470 g/mol. The van der Waals surface area contributed by atoms with Gasteiger partial charge < -0.3 is 5.32 Å². The average molecular weight is 502 g/mol. The highest BCUT2D eigenvalue weighted by molar-refractivity contribution is 5.98. The van der Waals surface area contributed by atoms with Crippen molar-refractivity contribution in [1.82, 2.24) is 24.1 Å². The second-order valence-corrected chi connectivity index (χ2v) is 10.3. The fourth-order valence-electron chi connectivity index (χ4n) is 5.19. The normalized spacial score (nSPS) is 14.2. The fraction of sp³-hybridized carbons (Fsp3) is 0.393. The van der Waals surface area contributed by atoms with Gasteiger partial charge in [0.25, 0.3) is 11.5 Å². The SMILES string of the molecule is Cc1ccc(C)c(C(=O)Cn2nc3n(C(C)C)c(=O)c4ccc(C(=O)NC5CCCC5)cc4n3c2=O)c1. The Kier molecular flexibility index (Phi) is 6.31. The summed E-state index contributed by atoms with van der Waals surface area (Å²) in [6.45, 7) is 7.16. The molecule has 1 fully saturated rings. The van der Waals surface area contributed by atoms with Gasteiger partial charge in [0.15, 0.2) is 5.78 Å². The molecule has 9 heteroatoms. The van der Waals surface area contributed by atoms with Gasteiger partial charge in [-0.05, 0) is 70.4 Å². The molecule has 4 aromatic rings. The first-order valence-corrected chi connectivity index (χ1v) is 12.7. The molecule has 2 heterocycles. The number of ketones is 1. The van der Waals surface area contributed by atoms with Crippen LogP contribution in [-0.2, 0) is 6.54 Å². The van der Waals surface area contributed by atoms with Crippen molar-refractivity contribution in [3.8, 4) is 0 Å². The molecule has 1 amide bonds. The summed E-state index contributed by atoms with van der Waals surface area (Å²) in [5.74, 6) is -0.341. The second-order valence-electron chi connectivity index (χ2n) is 10.3. The van der Waals surface area contributed by atoms with E-state index in [2.05, 4.69) is 10.4 Å². The summed E-state index contributed by atoms with van der Waals surface area (Å²) in [7, 11) is 0. The van der Waals surface area contributed by atoms with Crippen LogP contribution in [0.4, 0.5) is 0 Å².